The molecule has 0 aliphatic heterocycles. The molecule has 0 aliphatic carbocycles. The molecule has 1 N–H and O–H groups in total. The summed E-state index contributed by atoms with van der Waals surface area (Å²) < 4.78 is 0. The van der Waals surface area contributed by atoms with E-state index in [9.17, 15) is 0 Å². The summed E-state index contributed by atoms with van der Waals surface area (Å²) in [5.41, 5.74) is 2.73. The first-order valence-electron chi connectivity index (χ1n) is 7.77. The number of nitrogens with one attached hydrogen (secondary N) is 1. The van der Waals surface area contributed by atoms with Crippen molar-refractivity contribution in [1.29, 1.82) is 0 Å². The van der Waals surface area contributed by atoms with E-state index in [2.05, 4.69) is 54.7 Å². The molecule has 0 radical (unpaired) electrons. The molecule has 2 aromatic carbocycles. The fraction of sp³-hybridized carbons (Fsp3) is 0.368. The normalized spacial score (nSPS) is 12.3. The average molecular weight is 302 g/mol. The molecule has 0 fully saturated rings. The van der Waals surface area contributed by atoms with Crippen molar-refractivity contribution in [2.45, 2.75) is 26.2 Å². The maximum atomic E-state index is 6.10. The predicted molar refractivity (Wildman–Crippen MR) is 92.0 cm³/mol. The summed E-state index contributed by atoms with van der Waals surface area (Å²) in [6.45, 7) is 4.34. The Kier molecular flexibility index (Phi) is 6.78. The molecule has 0 aliphatic rings. The second-order valence-corrected chi connectivity index (χ2v) is 6.03. The van der Waals surface area contributed by atoms with E-state index in [1.54, 1.807) is 0 Å². The Bertz CT molecular complexity index is 524. The largest absolute Gasteiger partial charge is 0.316 e. The number of benzene rings is 2. The minimum atomic E-state index is 0.595. The van der Waals surface area contributed by atoms with E-state index in [1.165, 1.54) is 17.5 Å². The lowest BCUT2D eigenvalue weighted by Crippen LogP contribution is -2.26. The maximum Gasteiger partial charge on any atom is 0.0408 e. The van der Waals surface area contributed by atoms with E-state index < -0.39 is 0 Å². The summed E-state index contributed by atoms with van der Waals surface area (Å²) in [6.07, 6.45) is 3.34. The third-order valence-electron chi connectivity index (χ3n) is 3.64. The first-order valence-corrected chi connectivity index (χ1v) is 8.15. The van der Waals surface area contributed by atoms with Crippen LogP contribution in [0.15, 0.2) is 54.6 Å². The fourth-order valence-corrected chi connectivity index (χ4v) is 2.86. The van der Waals surface area contributed by atoms with Gasteiger partial charge in [-0.05, 0) is 61.5 Å². The van der Waals surface area contributed by atoms with Crippen molar-refractivity contribution in [2.75, 3.05) is 13.1 Å². The Morgan fingerprint density at radius 3 is 2.38 bits per heavy atom. The molecular formula is C19H24ClN. The molecule has 0 amide bonds. The van der Waals surface area contributed by atoms with E-state index in [4.69, 9.17) is 11.6 Å². The smallest absolute Gasteiger partial charge is 0.0408 e. The molecule has 2 aromatic rings. The highest BCUT2D eigenvalue weighted by Crippen LogP contribution is 2.17. The Morgan fingerprint density at radius 2 is 1.67 bits per heavy atom. The van der Waals surface area contributed by atoms with Gasteiger partial charge >= 0.3 is 0 Å². The molecular weight excluding hydrogens is 278 g/mol. The maximum absolute atomic E-state index is 6.10. The van der Waals surface area contributed by atoms with Crippen LogP contribution in [-0.4, -0.2) is 13.1 Å². The van der Waals surface area contributed by atoms with Gasteiger partial charge in [-0.3, -0.25) is 0 Å². The van der Waals surface area contributed by atoms with Crippen LogP contribution in [0.3, 0.4) is 0 Å². The van der Waals surface area contributed by atoms with Gasteiger partial charge in [0.2, 0.25) is 0 Å². The van der Waals surface area contributed by atoms with Crippen LogP contribution >= 0.6 is 11.6 Å². The highest BCUT2D eigenvalue weighted by atomic mass is 35.5. The molecule has 0 spiro atoms. The molecule has 1 atom stereocenters. The molecule has 0 aromatic heterocycles. The molecule has 2 rings (SSSR count). The molecule has 21 heavy (non-hydrogen) atoms. The summed E-state index contributed by atoms with van der Waals surface area (Å²) >= 11 is 6.10. The molecule has 0 saturated carbocycles. The van der Waals surface area contributed by atoms with Gasteiger partial charge in [-0.2, -0.15) is 0 Å². The Labute approximate surface area is 133 Å². The van der Waals surface area contributed by atoms with Gasteiger partial charge in [0.1, 0.15) is 0 Å². The fourth-order valence-electron chi connectivity index (χ4n) is 2.64. The van der Waals surface area contributed by atoms with Gasteiger partial charge < -0.3 is 5.32 Å². The molecule has 112 valence electrons. The van der Waals surface area contributed by atoms with Gasteiger partial charge in [0.05, 0.1) is 0 Å². The zero-order chi connectivity index (χ0) is 14.9. The second-order valence-electron chi connectivity index (χ2n) is 5.59. The summed E-state index contributed by atoms with van der Waals surface area (Å²) in [4.78, 5) is 0. The van der Waals surface area contributed by atoms with Gasteiger partial charge in [-0.15, -0.1) is 0 Å². The average Bonchev–Trinajstić information content (AvgIpc) is 2.48. The van der Waals surface area contributed by atoms with Gasteiger partial charge in [-0.1, -0.05) is 61.0 Å². The third-order valence-corrected chi connectivity index (χ3v) is 3.88. The van der Waals surface area contributed by atoms with Crippen LogP contribution in [0.4, 0.5) is 0 Å². The predicted octanol–water partition coefficient (Wildman–Crippen LogP) is 4.74. The lowest BCUT2D eigenvalue weighted by molar-refractivity contribution is 0.471. The molecule has 1 unspecified atom stereocenters. The number of rotatable bonds is 8. The topological polar surface area (TPSA) is 12.0 Å². The summed E-state index contributed by atoms with van der Waals surface area (Å²) in [5, 5.41) is 4.38. The highest BCUT2D eigenvalue weighted by Gasteiger charge is 2.11. The lowest BCUT2D eigenvalue weighted by Gasteiger charge is -2.18. The van der Waals surface area contributed by atoms with Crippen molar-refractivity contribution in [2.24, 2.45) is 5.92 Å². The molecule has 1 nitrogen and oxygen atoms in total. The van der Waals surface area contributed by atoms with Crippen LogP contribution in [0.2, 0.25) is 5.02 Å². The molecule has 0 heterocycles. The molecule has 2 heteroatoms. The first-order chi connectivity index (χ1) is 10.3. The minimum Gasteiger partial charge on any atom is -0.316 e. The zero-order valence-electron chi connectivity index (χ0n) is 12.7. The number of hydrogen-bond donors (Lipinski definition) is 1. The standard InChI is InChI=1S/C19H24ClN/c1-2-11-21-15-18(12-16-7-4-3-5-8-16)13-17-9-6-10-19(20)14-17/h3-10,14,18,21H,2,11-13,15H2,1H3. The van der Waals surface area contributed by atoms with Crippen LogP contribution < -0.4 is 5.32 Å². The van der Waals surface area contributed by atoms with Crippen molar-refractivity contribution in [3.8, 4) is 0 Å². The minimum absolute atomic E-state index is 0.595. The second kappa shape index (κ2) is 8.86. The van der Waals surface area contributed by atoms with Gasteiger partial charge in [0.25, 0.3) is 0 Å². The van der Waals surface area contributed by atoms with E-state index in [0.29, 0.717) is 5.92 Å². The van der Waals surface area contributed by atoms with Crippen LogP contribution in [0, 0.1) is 5.92 Å². The van der Waals surface area contributed by atoms with E-state index in [-0.39, 0.29) is 0 Å². The van der Waals surface area contributed by atoms with Crippen LogP contribution in [0.25, 0.3) is 0 Å². The van der Waals surface area contributed by atoms with Crippen LogP contribution in [-0.2, 0) is 12.8 Å². The number of hydrogen-bond acceptors (Lipinski definition) is 1. The highest BCUT2D eigenvalue weighted by molar-refractivity contribution is 6.30. The zero-order valence-corrected chi connectivity index (χ0v) is 13.4. The van der Waals surface area contributed by atoms with E-state index in [1.807, 2.05) is 12.1 Å². The Hall–Kier alpha value is -1.31. The number of halogens is 1. The summed E-state index contributed by atoms with van der Waals surface area (Å²) in [5.74, 6) is 0.595. The molecule has 0 bridgehead atoms. The van der Waals surface area contributed by atoms with Crippen LogP contribution in [0.1, 0.15) is 24.5 Å². The SMILES string of the molecule is CCCNCC(Cc1ccccc1)Cc1cccc(Cl)c1. The Balaban J connectivity index is 2.01. The van der Waals surface area contributed by atoms with Crippen LogP contribution in [0.5, 0.6) is 0 Å². The molecule has 0 saturated heterocycles. The van der Waals surface area contributed by atoms with Crippen molar-refractivity contribution in [1.82, 2.24) is 5.32 Å². The first kappa shape index (κ1) is 16.1. The van der Waals surface area contributed by atoms with E-state index in [0.717, 1.165) is 31.0 Å². The van der Waals surface area contributed by atoms with E-state index >= 15 is 0 Å². The van der Waals surface area contributed by atoms with Crippen molar-refractivity contribution >= 4 is 11.6 Å². The van der Waals surface area contributed by atoms with Crippen molar-refractivity contribution < 1.29 is 0 Å². The summed E-state index contributed by atoms with van der Waals surface area (Å²) in [6, 6.07) is 19.0. The van der Waals surface area contributed by atoms with Gasteiger partial charge in [-0.25, -0.2) is 0 Å². The Morgan fingerprint density at radius 1 is 0.952 bits per heavy atom. The third kappa shape index (κ3) is 5.91. The van der Waals surface area contributed by atoms with Gasteiger partial charge in [0, 0.05) is 5.02 Å². The lowest BCUT2D eigenvalue weighted by atomic mass is 9.92. The van der Waals surface area contributed by atoms with Crippen molar-refractivity contribution in [3.05, 3.63) is 70.7 Å². The quantitative estimate of drug-likeness (QED) is 0.694. The van der Waals surface area contributed by atoms with Crippen molar-refractivity contribution in [3.63, 3.8) is 0 Å². The summed E-state index contributed by atoms with van der Waals surface area (Å²) in [7, 11) is 0. The van der Waals surface area contributed by atoms with Gasteiger partial charge in [0.15, 0.2) is 0 Å². The monoisotopic (exact) mass is 301 g/mol.